The zero-order valence-electron chi connectivity index (χ0n) is 17.2. The molecule has 158 valence electrons. The van der Waals surface area contributed by atoms with Crippen molar-refractivity contribution in [2.75, 3.05) is 13.1 Å². The number of rotatable bonds is 5. The first kappa shape index (κ1) is 19.9. The Morgan fingerprint density at radius 3 is 2.58 bits per heavy atom. The number of likely N-dealkylation sites (tertiary alicyclic amines) is 1. The molecule has 5 rings (SSSR count). The van der Waals surface area contributed by atoms with Gasteiger partial charge in [0.2, 0.25) is 5.91 Å². The van der Waals surface area contributed by atoms with Crippen LogP contribution in [0.5, 0.6) is 0 Å². The Hall–Kier alpha value is -3.06. The van der Waals surface area contributed by atoms with Crippen molar-refractivity contribution < 1.29 is 4.79 Å². The van der Waals surface area contributed by atoms with Crippen molar-refractivity contribution in [3.8, 4) is 0 Å². The lowest BCUT2D eigenvalue weighted by Crippen LogP contribution is -2.37. The van der Waals surface area contributed by atoms with Crippen molar-refractivity contribution in [2.45, 2.75) is 38.0 Å². The Morgan fingerprint density at radius 1 is 1.03 bits per heavy atom. The summed E-state index contributed by atoms with van der Waals surface area (Å²) in [5, 5.41) is 1.79. The molecule has 0 bridgehead atoms. The van der Waals surface area contributed by atoms with Gasteiger partial charge in [0.15, 0.2) is 0 Å². The molecule has 0 unspecified atom stereocenters. The fourth-order valence-electron chi connectivity index (χ4n) is 4.26. The molecule has 1 saturated heterocycles. The monoisotopic (exact) mass is 432 g/mol. The number of fused-ring (bicyclic) bond motifs is 2. The second kappa shape index (κ2) is 8.59. The molecule has 0 saturated carbocycles. The molecule has 1 amide bonds. The van der Waals surface area contributed by atoms with Crippen LogP contribution in [-0.4, -0.2) is 38.8 Å². The van der Waals surface area contributed by atoms with E-state index >= 15 is 0 Å². The van der Waals surface area contributed by atoms with Crippen molar-refractivity contribution in [3.05, 3.63) is 69.7 Å². The van der Waals surface area contributed by atoms with E-state index in [1.807, 2.05) is 29.2 Å². The molecular formula is C24H24N4O2S. The number of amides is 1. The van der Waals surface area contributed by atoms with Gasteiger partial charge in [-0.15, -0.1) is 11.3 Å². The van der Waals surface area contributed by atoms with Gasteiger partial charge in [-0.1, -0.05) is 24.3 Å². The van der Waals surface area contributed by atoms with E-state index in [2.05, 4.69) is 28.2 Å². The number of aromatic amines is 1. The van der Waals surface area contributed by atoms with Crippen LogP contribution in [0.1, 0.15) is 42.4 Å². The summed E-state index contributed by atoms with van der Waals surface area (Å²) in [5.41, 5.74) is 1.65. The number of hydrogen-bond acceptors (Lipinski definition) is 5. The fraction of sp³-hybridized carbons (Fsp3) is 0.333. The number of carbonyl (C=O) groups excluding carboxylic acids is 1. The number of carbonyl (C=O) groups is 1. The summed E-state index contributed by atoms with van der Waals surface area (Å²) in [6, 6.07) is 15.6. The molecule has 1 N–H and O–H groups in total. The van der Waals surface area contributed by atoms with E-state index in [9.17, 15) is 9.59 Å². The average Bonchev–Trinajstić information content (AvgIpc) is 3.23. The maximum Gasteiger partial charge on any atom is 0.258 e. The third kappa shape index (κ3) is 4.23. The molecule has 0 aliphatic carbocycles. The third-order valence-electron chi connectivity index (χ3n) is 5.97. The number of H-pyrrole nitrogens is 1. The number of nitrogens with zero attached hydrogens (tertiary/aromatic N) is 3. The first-order valence-electron chi connectivity index (χ1n) is 10.8. The zero-order chi connectivity index (χ0) is 21.2. The lowest BCUT2D eigenvalue weighted by Gasteiger charge is -2.31. The minimum atomic E-state index is -0.121. The molecule has 1 aliphatic heterocycles. The van der Waals surface area contributed by atoms with E-state index in [0.717, 1.165) is 31.4 Å². The quantitative estimate of drug-likeness (QED) is 0.511. The maximum absolute atomic E-state index is 12.7. The van der Waals surface area contributed by atoms with Gasteiger partial charge in [0, 0.05) is 31.8 Å². The Balaban J connectivity index is 1.14. The zero-order valence-corrected chi connectivity index (χ0v) is 18.0. The van der Waals surface area contributed by atoms with Crippen LogP contribution in [0.25, 0.3) is 21.1 Å². The highest BCUT2D eigenvalue weighted by atomic mass is 32.1. The number of aryl methyl sites for hydroxylation is 1. The van der Waals surface area contributed by atoms with Gasteiger partial charge in [0.25, 0.3) is 5.56 Å². The van der Waals surface area contributed by atoms with Gasteiger partial charge < -0.3 is 9.88 Å². The van der Waals surface area contributed by atoms with Gasteiger partial charge >= 0.3 is 0 Å². The van der Waals surface area contributed by atoms with E-state index in [4.69, 9.17) is 4.98 Å². The van der Waals surface area contributed by atoms with E-state index in [-0.39, 0.29) is 11.5 Å². The number of aromatic nitrogens is 3. The molecule has 1 aliphatic rings. The molecule has 0 spiro atoms. The summed E-state index contributed by atoms with van der Waals surface area (Å²) in [6.07, 6.45) is 3.67. The highest BCUT2D eigenvalue weighted by Crippen LogP contribution is 2.33. The molecule has 2 aromatic heterocycles. The summed E-state index contributed by atoms with van der Waals surface area (Å²) in [5.74, 6) is 1.27. The Kier molecular flexibility index (Phi) is 5.51. The van der Waals surface area contributed by atoms with Gasteiger partial charge in [-0.25, -0.2) is 9.97 Å². The lowest BCUT2D eigenvalue weighted by atomic mass is 9.97. The molecule has 1 fully saturated rings. The SMILES string of the molecule is O=C(CCCc1nc2ccccc2c(=O)[nH]1)N1CCC(c2nc3ccccc3s2)CC1. The van der Waals surface area contributed by atoms with Crippen LogP contribution in [0, 0.1) is 0 Å². The van der Waals surface area contributed by atoms with Crippen molar-refractivity contribution in [2.24, 2.45) is 0 Å². The van der Waals surface area contributed by atoms with Crippen molar-refractivity contribution in [1.82, 2.24) is 19.9 Å². The number of nitrogens with one attached hydrogen (secondary N) is 1. The standard InChI is InChI=1S/C24H24N4O2S/c29-22(11-5-10-21-25-18-7-2-1-6-17(18)23(30)27-21)28-14-12-16(13-15-28)24-26-19-8-3-4-9-20(19)31-24/h1-4,6-9,16H,5,10-15H2,(H,25,27,30). The molecule has 4 aromatic rings. The number of benzene rings is 2. The van der Waals surface area contributed by atoms with Crippen LogP contribution >= 0.6 is 11.3 Å². The topological polar surface area (TPSA) is 79.0 Å². The first-order valence-corrected chi connectivity index (χ1v) is 11.6. The molecule has 2 aromatic carbocycles. The van der Waals surface area contributed by atoms with Crippen LogP contribution < -0.4 is 5.56 Å². The summed E-state index contributed by atoms with van der Waals surface area (Å²) >= 11 is 1.78. The molecule has 7 heteroatoms. The van der Waals surface area contributed by atoms with Gasteiger partial charge in [0.1, 0.15) is 5.82 Å². The van der Waals surface area contributed by atoms with Crippen LogP contribution in [0.2, 0.25) is 0 Å². The van der Waals surface area contributed by atoms with Crippen molar-refractivity contribution >= 4 is 38.4 Å². The van der Waals surface area contributed by atoms with Gasteiger partial charge in [-0.3, -0.25) is 9.59 Å². The highest BCUT2D eigenvalue weighted by molar-refractivity contribution is 7.18. The minimum absolute atomic E-state index is 0.121. The Morgan fingerprint density at radius 2 is 1.77 bits per heavy atom. The molecule has 6 nitrogen and oxygen atoms in total. The predicted octanol–water partition coefficient (Wildman–Crippen LogP) is 4.26. The molecule has 0 radical (unpaired) electrons. The highest BCUT2D eigenvalue weighted by Gasteiger charge is 2.25. The fourth-order valence-corrected chi connectivity index (χ4v) is 5.40. The van der Waals surface area contributed by atoms with E-state index < -0.39 is 0 Å². The summed E-state index contributed by atoms with van der Waals surface area (Å²) in [7, 11) is 0. The van der Waals surface area contributed by atoms with E-state index in [0.29, 0.717) is 41.9 Å². The number of piperidine rings is 1. The summed E-state index contributed by atoms with van der Waals surface area (Å²) < 4.78 is 1.23. The minimum Gasteiger partial charge on any atom is -0.343 e. The second-order valence-corrected chi connectivity index (χ2v) is 9.12. The van der Waals surface area contributed by atoms with E-state index in [1.54, 1.807) is 17.4 Å². The smallest absolute Gasteiger partial charge is 0.258 e. The molecule has 31 heavy (non-hydrogen) atoms. The third-order valence-corrected chi connectivity index (χ3v) is 7.17. The average molecular weight is 433 g/mol. The molecule has 0 atom stereocenters. The number of hydrogen-bond donors (Lipinski definition) is 1. The summed E-state index contributed by atoms with van der Waals surface area (Å²) in [4.78, 5) is 39.0. The predicted molar refractivity (Wildman–Crippen MR) is 123 cm³/mol. The molecular weight excluding hydrogens is 408 g/mol. The Bertz CT molecular complexity index is 1250. The maximum atomic E-state index is 12.7. The second-order valence-electron chi connectivity index (χ2n) is 8.06. The van der Waals surface area contributed by atoms with Crippen LogP contribution in [-0.2, 0) is 11.2 Å². The van der Waals surface area contributed by atoms with Crippen LogP contribution in [0.3, 0.4) is 0 Å². The van der Waals surface area contributed by atoms with Crippen molar-refractivity contribution in [1.29, 1.82) is 0 Å². The van der Waals surface area contributed by atoms with E-state index in [1.165, 1.54) is 9.71 Å². The van der Waals surface area contributed by atoms with Gasteiger partial charge in [-0.2, -0.15) is 0 Å². The van der Waals surface area contributed by atoms with Gasteiger partial charge in [-0.05, 0) is 43.5 Å². The lowest BCUT2D eigenvalue weighted by molar-refractivity contribution is -0.132. The summed E-state index contributed by atoms with van der Waals surface area (Å²) in [6.45, 7) is 1.56. The first-order chi connectivity index (χ1) is 15.2. The molecule has 3 heterocycles. The number of para-hydroxylation sites is 2. The number of thiazole rings is 1. The van der Waals surface area contributed by atoms with Crippen molar-refractivity contribution in [3.63, 3.8) is 0 Å². The van der Waals surface area contributed by atoms with Crippen LogP contribution in [0.4, 0.5) is 0 Å². The normalized spacial score (nSPS) is 15.0. The van der Waals surface area contributed by atoms with Gasteiger partial charge in [0.05, 0.1) is 26.1 Å². The van der Waals surface area contributed by atoms with Crippen LogP contribution in [0.15, 0.2) is 53.3 Å². The Labute approximate surface area is 184 Å². The largest absolute Gasteiger partial charge is 0.343 e.